The smallest absolute Gasteiger partial charge is 0.259 e. The maximum absolute atomic E-state index is 12.8. The molecule has 0 aliphatic heterocycles. The van der Waals surface area contributed by atoms with Gasteiger partial charge in [0.15, 0.2) is 5.13 Å². The second kappa shape index (κ2) is 5.82. The van der Waals surface area contributed by atoms with Gasteiger partial charge in [-0.3, -0.25) is 14.9 Å². The Balaban J connectivity index is 1.78. The van der Waals surface area contributed by atoms with E-state index in [4.69, 9.17) is 0 Å². The zero-order chi connectivity index (χ0) is 17.6. The Bertz CT molecular complexity index is 1190. The summed E-state index contributed by atoms with van der Waals surface area (Å²) in [5, 5.41) is 4.58. The number of amides is 1. The van der Waals surface area contributed by atoms with Gasteiger partial charge in [0, 0.05) is 24.0 Å². The number of aromatic nitrogens is 2. The van der Waals surface area contributed by atoms with Gasteiger partial charge >= 0.3 is 0 Å². The summed E-state index contributed by atoms with van der Waals surface area (Å²) < 4.78 is 2.46. The van der Waals surface area contributed by atoms with E-state index in [9.17, 15) is 9.59 Å². The number of nitrogens with zero attached hydrogens (tertiary/aromatic N) is 2. The van der Waals surface area contributed by atoms with E-state index in [0.717, 1.165) is 15.8 Å². The quantitative estimate of drug-likeness (QED) is 0.600. The molecule has 2 aromatic carbocycles. The molecular weight excluding hydrogens is 334 g/mol. The molecule has 4 rings (SSSR count). The van der Waals surface area contributed by atoms with Crippen LogP contribution in [0, 0.1) is 6.92 Å². The predicted octanol–water partition coefficient (Wildman–Crippen LogP) is 3.71. The number of para-hydroxylation sites is 1. The molecule has 0 aliphatic rings. The van der Waals surface area contributed by atoms with Crippen LogP contribution in [0.4, 0.5) is 5.13 Å². The van der Waals surface area contributed by atoms with Crippen molar-refractivity contribution in [1.29, 1.82) is 0 Å². The molecule has 0 bridgehead atoms. The van der Waals surface area contributed by atoms with E-state index in [0.29, 0.717) is 21.5 Å². The number of carbonyl (C=O) groups excluding carboxylic acids is 1. The molecule has 0 aliphatic carbocycles. The van der Waals surface area contributed by atoms with Crippen molar-refractivity contribution < 1.29 is 4.79 Å². The van der Waals surface area contributed by atoms with Gasteiger partial charge in [0.2, 0.25) is 0 Å². The van der Waals surface area contributed by atoms with Gasteiger partial charge in [0.1, 0.15) is 0 Å². The van der Waals surface area contributed by atoms with Gasteiger partial charge in [0.25, 0.3) is 11.5 Å². The monoisotopic (exact) mass is 349 g/mol. The zero-order valence-corrected chi connectivity index (χ0v) is 14.6. The van der Waals surface area contributed by atoms with Crippen molar-refractivity contribution in [1.82, 2.24) is 9.55 Å². The Labute approximate surface area is 147 Å². The number of anilines is 1. The lowest BCUT2D eigenvalue weighted by Gasteiger charge is -2.08. The number of pyridine rings is 1. The van der Waals surface area contributed by atoms with Crippen molar-refractivity contribution in [2.75, 3.05) is 5.32 Å². The standard InChI is InChI=1S/C19H15N3O2S/c1-11-6-5-9-15-16(11)20-19(25-15)21-17(23)14-10-22(2)18(24)13-8-4-3-7-12(13)14/h3-10H,1-2H3,(H,20,21,23). The fourth-order valence-electron chi connectivity index (χ4n) is 2.90. The van der Waals surface area contributed by atoms with Crippen molar-refractivity contribution in [3.05, 3.63) is 70.1 Å². The van der Waals surface area contributed by atoms with Gasteiger partial charge in [-0.2, -0.15) is 0 Å². The van der Waals surface area contributed by atoms with Crippen molar-refractivity contribution in [3.8, 4) is 0 Å². The number of carbonyl (C=O) groups is 1. The first-order chi connectivity index (χ1) is 12.0. The molecule has 0 saturated heterocycles. The van der Waals surface area contributed by atoms with Crippen molar-refractivity contribution in [3.63, 3.8) is 0 Å². The number of nitrogens with one attached hydrogen (secondary N) is 1. The largest absolute Gasteiger partial charge is 0.317 e. The fourth-order valence-corrected chi connectivity index (χ4v) is 3.84. The highest BCUT2D eigenvalue weighted by Gasteiger charge is 2.15. The molecule has 0 radical (unpaired) electrons. The van der Waals surface area contributed by atoms with E-state index in [1.54, 1.807) is 31.4 Å². The zero-order valence-electron chi connectivity index (χ0n) is 13.7. The van der Waals surface area contributed by atoms with Crippen LogP contribution in [0.15, 0.2) is 53.5 Å². The molecule has 0 saturated carbocycles. The van der Waals surface area contributed by atoms with Gasteiger partial charge in [-0.05, 0) is 24.6 Å². The molecule has 0 spiro atoms. The molecule has 2 aromatic heterocycles. The SMILES string of the molecule is Cc1cccc2sc(NC(=O)c3cn(C)c(=O)c4ccccc34)nc12. The van der Waals surface area contributed by atoms with Crippen LogP contribution in [0.5, 0.6) is 0 Å². The summed E-state index contributed by atoms with van der Waals surface area (Å²) in [6.07, 6.45) is 1.57. The maximum Gasteiger partial charge on any atom is 0.259 e. The third kappa shape index (κ3) is 2.60. The van der Waals surface area contributed by atoms with Crippen LogP contribution >= 0.6 is 11.3 Å². The van der Waals surface area contributed by atoms with Gasteiger partial charge in [0.05, 0.1) is 15.8 Å². The van der Waals surface area contributed by atoms with Crippen LogP contribution in [0.1, 0.15) is 15.9 Å². The number of aryl methyl sites for hydroxylation is 2. The van der Waals surface area contributed by atoms with Gasteiger partial charge in [-0.1, -0.05) is 41.7 Å². The summed E-state index contributed by atoms with van der Waals surface area (Å²) >= 11 is 1.44. The molecule has 25 heavy (non-hydrogen) atoms. The Kier molecular flexibility index (Phi) is 3.62. The number of benzene rings is 2. The Hall–Kier alpha value is -2.99. The van der Waals surface area contributed by atoms with Gasteiger partial charge in [-0.15, -0.1) is 0 Å². The molecule has 5 nitrogen and oxygen atoms in total. The first-order valence-corrected chi connectivity index (χ1v) is 8.62. The molecular formula is C19H15N3O2S. The molecule has 0 unspecified atom stereocenters. The highest BCUT2D eigenvalue weighted by atomic mass is 32.1. The molecule has 4 aromatic rings. The Morgan fingerprint density at radius 2 is 1.88 bits per heavy atom. The van der Waals surface area contributed by atoms with Crippen molar-refractivity contribution >= 4 is 43.4 Å². The molecule has 1 N–H and O–H groups in total. The summed E-state index contributed by atoms with van der Waals surface area (Å²) in [5.74, 6) is -0.275. The number of fused-ring (bicyclic) bond motifs is 2. The Morgan fingerprint density at radius 3 is 2.64 bits per heavy atom. The molecule has 124 valence electrons. The normalized spacial score (nSPS) is 11.1. The van der Waals surface area contributed by atoms with Crippen LogP contribution in [-0.4, -0.2) is 15.5 Å². The second-order valence-corrected chi connectivity index (χ2v) is 6.93. The van der Waals surface area contributed by atoms with Gasteiger partial charge < -0.3 is 4.57 Å². The molecule has 6 heteroatoms. The number of hydrogen-bond donors (Lipinski definition) is 1. The van der Waals surface area contributed by atoms with E-state index in [-0.39, 0.29) is 11.5 Å². The minimum atomic E-state index is -0.275. The molecule has 2 heterocycles. The predicted molar refractivity (Wildman–Crippen MR) is 101 cm³/mol. The van der Waals surface area contributed by atoms with Crippen molar-refractivity contribution in [2.24, 2.45) is 7.05 Å². The third-order valence-electron chi connectivity index (χ3n) is 4.18. The van der Waals surface area contributed by atoms with Crippen molar-refractivity contribution in [2.45, 2.75) is 6.92 Å². The number of thiazole rings is 1. The molecule has 1 amide bonds. The van der Waals surface area contributed by atoms with Gasteiger partial charge in [-0.25, -0.2) is 4.98 Å². The lowest BCUT2D eigenvalue weighted by Crippen LogP contribution is -2.21. The fraction of sp³-hybridized carbons (Fsp3) is 0.105. The first kappa shape index (κ1) is 15.5. The summed E-state index contributed by atoms with van der Waals surface area (Å²) in [6.45, 7) is 1.99. The minimum Gasteiger partial charge on any atom is -0.317 e. The number of rotatable bonds is 2. The average molecular weight is 349 g/mol. The first-order valence-electron chi connectivity index (χ1n) is 7.80. The molecule has 0 fully saturated rings. The van der Waals surface area contributed by atoms with Crippen LogP contribution < -0.4 is 10.9 Å². The average Bonchev–Trinajstić information content (AvgIpc) is 3.02. The topological polar surface area (TPSA) is 64.0 Å². The van der Waals surface area contributed by atoms with Crippen LogP contribution in [0.3, 0.4) is 0 Å². The Morgan fingerprint density at radius 1 is 1.12 bits per heavy atom. The lowest BCUT2D eigenvalue weighted by atomic mass is 10.1. The summed E-state index contributed by atoms with van der Waals surface area (Å²) in [6, 6.07) is 13.1. The minimum absolute atomic E-state index is 0.122. The van der Waals surface area contributed by atoms with Crippen LogP contribution in [0.2, 0.25) is 0 Å². The van der Waals surface area contributed by atoms with Crippen LogP contribution in [0.25, 0.3) is 21.0 Å². The molecule has 0 atom stereocenters. The van der Waals surface area contributed by atoms with E-state index in [1.165, 1.54) is 15.9 Å². The lowest BCUT2D eigenvalue weighted by molar-refractivity contribution is 0.102. The van der Waals surface area contributed by atoms with E-state index in [2.05, 4.69) is 10.3 Å². The third-order valence-corrected chi connectivity index (χ3v) is 5.11. The highest BCUT2D eigenvalue weighted by molar-refractivity contribution is 7.22. The number of hydrogen-bond acceptors (Lipinski definition) is 4. The second-order valence-electron chi connectivity index (χ2n) is 5.90. The van der Waals surface area contributed by atoms with E-state index < -0.39 is 0 Å². The highest BCUT2D eigenvalue weighted by Crippen LogP contribution is 2.28. The maximum atomic E-state index is 12.8. The summed E-state index contributed by atoms with van der Waals surface area (Å²) in [5.41, 5.74) is 2.30. The summed E-state index contributed by atoms with van der Waals surface area (Å²) in [7, 11) is 1.65. The van der Waals surface area contributed by atoms with Crippen LogP contribution in [-0.2, 0) is 7.05 Å². The summed E-state index contributed by atoms with van der Waals surface area (Å²) in [4.78, 5) is 29.5. The van der Waals surface area contributed by atoms with E-state index in [1.807, 2.05) is 31.2 Å². The van der Waals surface area contributed by atoms with E-state index >= 15 is 0 Å².